The summed E-state index contributed by atoms with van der Waals surface area (Å²) in [4.78, 5) is 41.9. The maximum absolute atomic E-state index is 14.2. The van der Waals surface area contributed by atoms with E-state index < -0.39 is 29.5 Å². The number of nitrogens with zero attached hydrogens (tertiary/aromatic N) is 2. The normalized spacial score (nSPS) is 20.6. The lowest BCUT2D eigenvalue weighted by molar-refractivity contribution is -0.142. The molecule has 0 saturated heterocycles. The Morgan fingerprint density at radius 3 is 2.50 bits per heavy atom. The van der Waals surface area contributed by atoms with E-state index in [1.807, 2.05) is 19.9 Å². The molecule has 2 aromatic rings. The fourth-order valence-electron chi connectivity index (χ4n) is 5.28. The van der Waals surface area contributed by atoms with Gasteiger partial charge in [-0.25, -0.2) is 0 Å². The number of fused-ring (bicyclic) bond motifs is 1. The van der Waals surface area contributed by atoms with Crippen molar-refractivity contribution < 1.29 is 38.8 Å². The number of hydrogen-bond donors (Lipinski definition) is 2. The molecule has 0 radical (unpaired) electrons. The Balaban J connectivity index is 1.78. The van der Waals surface area contributed by atoms with Gasteiger partial charge in [-0.15, -0.1) is 0 Å². The standard InChI is InChI=1S/C31H37ClN2O8/c1-31(2,18-35)17-34-23-9-8-20(32)15-22(23)28(21-6-5-7-24(40-3)29(21)41-4)42-25(30(34)39)16-26(36)33-12-10-19(11-13-33)14-27(37)38/h5-10,12,15,19,25,28,35H,11,13-14,16-18H2,1-4H3,(H,37,38)/t19?,25-,28-/m1/s1. The highest BCUT2D eigenvalue weighted by Crippen LogP contribution is 2.45. The molecule has 2 amide bonds. The number of aliphatic hydroxyl groups excluding tert-OH is 1. The van der Waals surface area contributed by atoms with Crippen LogP contribution in [0.4, 0.5) is 5.69 Å². The van der Waals surface area contributed by atoms with E-state index in [2.05, 4.69) is 0 Å². The van der Waals surface area contributed by atoms with Gasteiger partial charge >= 0.3 is 5.97 Å². The molecule has 2 heterocycles. The van der Waals surface area contributed by atoms with Crippen LogP contribution >= 0.6 is 11.6 Å². The van der Waals surface area contributed by atoms with Gasteiger partial charge in [-0.3, -0.25) is 14.4 Å². The minimum absolute atomic E-state index is 0.0107. The first-order valence-electron chi connectivity index (χ1n) is 13.8. The van der Waals surface area contributed by atoms with E-state index in [9.17, 15) is 19.5 Å². The molecule has 0 aromatic heterocycles. The SMILES string of the molecule is COc1cccc([C@H]2O[C@H](CC(=O)N3C=CC(CC(=O)O)CC3)C(=O)N(CC(C)(C)CO)c3ccc(Cl)cc32)c1OC. The van der Waals surface area contributed by atoms with E-state index in [-0.39, 0.29) is 37.8 Å². The summed E-state index contributed by atoms with van der Waals surface area (Å²) < 4.78 is 17.8. The summed E-state index contributed by atoms with van der Waals surface area (Å²) in [5.41, 5.74) is 1.07. The molecular weight excluding hydrogens is 564 g/mol. The van der Waals surface area contributed by atoms with Crippen molar-refractivity contribution in [3.8, 4) is 11.5 Å². The second-order valence-electron chi connectivity index (χ2n) is 11.3. The Kier molecular flexibility index (Phi) is 9.81. The molecule has 226 valence electrons. The molecule has 0 spiro atoms. The molecule has 0 saturated carbocycles. The highest BCUT2D eigenvalue weighted by molar-refractivity contribution is 6.30. The van der Waals surface area contributed by atoms with Crippen LogP contribution in [0.5, 0.6) is 11.5 Å². The quantitative estimate of drug-likeness (QED) is 0.410. The summed E-state index contributed by atoms with van der Waals surface area (Å²) in [5.74, 6) is -0.934. The third-order valence-corrected chi connectivity index (χ3v) is 7.77. The van der Waals surface area contributed by atoms with E-state index in [1.54, 1.807) is 47.5 Å². The minimum Gasteiger partial charge on any atom is -0.493 e. The van der Waals surface area contributed by atoms with E-state index in [4.69, 9.17) is 30.9 Å². The molecule has 11 heteroatoms. The molecule has 42 heavy (non-hydrogen) atoms. The number of carbonyl (C=O) groups excluding carboxylic acids is 2. The summed E-state index contributed by atoms with van der Waals surface area (Å²) in [6.07, 6.45) is 1.48. The lowest BCUT2D eigenvalue weighted by atomic mass is 9.92. The fraction of sp³-hybridized carbons (Fsp3) is 0.452. The topological polar surface area (TPSA) is 126 Å². The van der Waals surface area contributed by atoms with Gasteiger partial charge in [0, 0.05) is 53.1 Å². The molecule has 3 atom stereocenters. The van der Waals surface area contributed by atoms with E-state index in [0.717, 1.165) is 0 Å². The first kappa shape index (κ1) is 31.3. The molecule has 2 aromatic carbocycles. The maximum Gasteiger partial charge on any atom is 0.303 e. The van der Waals surface area contributed by atoms with Crippen LogP contribution in [-0.4, -0.2) is 72.9 Å². The molecule has 0 aliphatic carbocycles. The number of amides is 2. The number of aliphatic carboxylic acids is 1. The van der Waals surface area contributed by atoms with E-state index in [1.165, 1.54) is 19.1 Å². The smallest absolute Gasteiger partial charge is 0.303 e. The van der Waals surface area contributed by atoms with Crippen LogP contribution in [0.2, 0.25) is 5.02 Å². The van der Waals surface area contributed by atoms with Crippen LogP contribution in [0, 0.1) is 11.3 Å². The third kappa shape index (κ3) is 6.88. The summed E-state index contributed by atoms with van der Waals surface area (Å²) in [6.45, 7) is 4.01. The molecule has 10 nitrogen and oxygen atoms in total. The number of carbonyl (C=O) groups is 3. The number of carboxylic acids is 1. The number of rotatable bonds is 10. The summed E-state index contributed by atoms with van der Waals surface area (Å²) in [7, 11) is 3.04. The number of aliphatic hydroxyl groups is 1. The first-order chi connectivity index (χ1) is 20.0. The number of carboxylic acid groups (broad SMARTS) is 1. The average Bonchev–Trinajstić information content (AvgIpc) is 3.06. The van der Waals surface area contributed by atoms with Crippen LogP contribution in [0.3, 0.4) is 0 Å². The Labute approximate surface area is 250 Å². The number of halogens is 1. The predicted octanol–water partition coefficient (Wildman–Crippen LogP) is 4.42. The van der Waals surface area contributed by atoms with Crippen LogP contribution in [-0.2, 0) is 19.1 Å². The van der Waals surface area contributed by atoms with Gasteiger partial charge in [-0.2, -0.15) is 0 Å². The number of para-hydroxylation sites is 1. The minimum atomic E-state index is -1.19. The van der Waals surface area contributed by atoms with Crippen molar-refractivity contribution in [2.75, 3.05) is 38.8 Å². The monoisotopic (exact) mass is 600 g/mol. The number of benzene rings is 2. The van der Waals surface area contributed by atoms with E-state index >= 15 is 0 Å². The molecule has 2 aliphatic rings. The van der Waals surface area contributed by atoms with Gasteiger partial charge in [0.1, 0.15) is 12.2 Å². The van der Waals surface area contributed by atoms with Crippen molar-refractivity contribution in [1.29, 1.82) is 0 Å². The highest BCUT2D eigenvalue weighted by Gasteiger charge is 2.41. The second-order valence-corrected chi connectivity index (χ2v) is 11.8. The number of methoxy groups -OCH3 is 2. The van der Waals surface area contributed by atoms with Crippen molar-refractivity contribution in [3.63, 3.8) is 0 Å². The number of anilines is 1. The van der Waals surface area contributed by atoms with Crippen LogP contribution in [0.1, 0.15) is 50.3 Å². The first-order valence-corrected chi connectivity index (χ1v) is 14.1. The van der Waals surface area contributed by atoms with Crippen molar-refractivity contribution in [3.05, 3.63) is 64.8 Å². The van der Waals surface area contributed by atoms with Gasteiger partial charge in [0.25, 0.3) is 5.91 Å². The molecule has 2 aliphatic heterocycles. The second kappa shape index (κ2) is 13.1. The average molecular weight is 601 g/mol. The molecule has 0 fully saturated rings. The zero-order valence-corrected chi connectivity index (χ0v) is 25.0. The Morgan fingerprint density at radius 1 is 1.12 bits per heavy atom. The largest absolute Gasteiger partial charge is 0.493 e. The van der Waals surface area contributed by atoms with Crippen molar-refractivity contribution in [2.45, 2.75) is 45.3 Å². The van der Waals surface area contributed by atoms with Gasteiger partial charge in [-0.05, 0) is 36.6 Å². The molecular formula is C31H37ClN2O8. The molecule has 1 unspecified atom stereocenters. The molecule has 2 N–H and O–H groups in total. The lowest BCUT2D eigenvalue weighted by Gasteiger charge is -2.33. The van der Waals surface area contributed by atoms with E-state index in [0.29, 0.717) is 46.3 Å². The maximum atomic E-state index is 14.2. The molecule has 4 rings (SSSR count). The van der Waals surface area contributed by atoms with Gasteiger partial charge in [-0.1, -0.05) is 43.7 Å². The summed E-state index contributed by atoms with van der Waals surface area (Å²) >= 11 is 6.46. The predicted molar refractivity (Wildman–Crippen MR) is 157 cm³/mol. The fourth-order valence-corrected chi connectivity index (χ4v) is 5.47. The Hall–Kier alpha value is -3.60. The highest BCUT2D eigenvalue weighted by atomic mass is 35.5. The molecule has 0 bridgehead atoms. The number of allylic oxidation sites excluding steroid dienone is 1. The van der Waals surface area contributed by atoms with Crippen LogP contribution in [0.25, 0.3) is 0 Å². The summed E-state index contributed by atoms with van der Waals surface area (Å²) in [6, 6.07) is 10.5. The van der Waals surface area contributed by atoms with Crippen LogP contribution < -0.4 is 14.4 Å². The summed E-state index contributed by atoms with van der Waals surface area (Å²) in [5, 5.41) is 19.6. The van der Waals surface area contributed by atoms with Gasteiger partial charge in [0.2, 0.25) is 5.91 Å². The lowest BCUT2D eigenvalue weighted by Crippen LogP contribution is -2.46. The van der Waals surface area contributed by atoms with Gasteiger partial charge in [0.15, 0.2) is 11.5 Å². The van der Waals surface area contributed by atoms with Gasteiger partial charge < -0.3 is 34.2 Å². The Morgan fingerprint density at radius 2 is 1.88 bits per heavy atom. The number of ether oxygens (including phenoxy) is 3. The zero-order chi connectivity index (χ0) is 30.6. The third-order valence-electron chi connectivity index (χ3n) is 7.53. The number of hydrogen-bond acceptors (Lipinski definition) is 7. The van der Waals surface area contributed by atoms with Crippen molar-refractivity contribution in [2.24, 2.45) is 11.3 Å². The Bertz CT molecular complexity index is 1360. The van der Waals surface area contributed by atoms with Crippen molar-refractivity contribution in [1.82, 2.24) is 4.90 Å². The van der Waals surface area contributed by atoms with Crippen molar-refractivity contribution >= 4 is 35.1 Å². The van der Waals surface area contributed by atoms with Gasteiger partial charge in [0.05, 0.1) is 27.1 Å². The van der Waals surface area contributed by atoms with Crippen LogP contribution in [0.15, 0.2) is 48.7 Å². The zero-order valence-electron chi connectivity index (χ0n) is 24.2.